The van der Waals surface area contributed by atoms with Crippen LogP contribution in [-0.4, -0.2) is 54.9 Å². The summed E-state index contributed by atoms with van der Waals surface area (Å²) in [5.41, 5.74) is 0.607. The van der Waals surface area contributed by atoms with Gasteiger partial charge in [0.2, 0.25) is 5.75 Å². The van der Waals surface area contributed by atoms with Gasteiger partial charge in [-0.15, -0.1) is 0 Å². The summed E-state index contributed by atoms with van der Waals surface area (Å²) in [5.74, 6) is 2.07. The van der Waals surface area contributed by atoms with Gasteiger partial charge in [-0.1, -0.05) is 0 Å². The molecule has 8 heteroatoms. The largest absolute Gasteiger partial charge is 0.493 e. The number of methoxy groups -OCH3 is 3. The van der Waals surface area contributed by atoms with Gasteiger partial charge < -0.3 is 29.0 Å². The van der Waals surface area contributed by atoms with Gasteiger partial charge >= 0.3 is 6.03 Å². The van der Waals surface area contributed by atoms with Gasteiger partial charge in [0.1, 0.15) is 0 Å². The molecule has 0 atom stereocenters. The first-order chi connectivity index (χ1) is 13.1. The predicted molar refractivity (Wildman–Crippen MR) is 102 cm³/mol. The number of likely N-dealkylation sites (tertiary alicyclic amines) is 1. The molecule has 1 N–H and O–H groups in total. The van der Waals surface area contributed by atoms with E-state index in [2.05, 4.69) is 14.9 Å². The van der Waals surface area contributed by atoms with Crippen molar-refractivity contribution in [1.82, 2.24) is 14.5 Å². The molecule has 2 aromatic rings. The number of hydrogen-bond acceptors (Lipinski definition) is 5. The lowest BCUT2D eigenvalue weighted by atomic mass is 9.97. The second kappa shape index (κ2) is 8.66. The number of carbonyl (C=O) groups excluding carboxylic acids is 1. The zero-order valence-corrected chi connectivity index (χ0v) is 16.0. The number of imidazole rings is 1. The van der Waals surface area contributed by atoms with Gasteiger partial charge in [0.05, 0.1) is 33.3 Å². The molecule has 0 saturated carbocycles. The third-order valence-corrected chi connectivity index (χ3v) is 4.85. The van der Waals surface area contributed by atoms with E-state index in [1.54, 1.807) is 39.7 Å². The summed E-state index contributed by atoms with van der Waals surface area (Å²) in [4.78, 5) is 18.5. The highest BCUT2D eigenvalue weighted by Gasteiger charge is 2.24. The van der Waals surface area contributed by atoms with E-state index in [1.807, 2.05) is 17.4 Å². The average Bonchev–Trinajstić information content (AvgIpc) is 3.20. The van der Waals surface area contributed by atoms with E-state index in [0.717, 1.165) is 32.5 Å². The molecule has 1 aromatic carbocycles. The minimum atomic E-state index is -0.120. The van der Waals surface area contributed by atoms with Crippen molar-refractivity contribution in [2.45, 2.75) is 19.4 Å². The molecule has 2 amide bonds. The maximum absolute atomic E-state index is 12.6. The van der Waals surface area contributed by atoms with E-state index in [-0.39, 0.29) is 6.03 Å². The predicted octanol–water partition coefficient (Wildman–Crippen LogP) is 2.85. The van der Waals surface area contributed by atoms with E-state index in [1.165, 1.54) is 0 Å². The van der Waals surface area contributed by atoms with Crippen molar-refractivity contribution in [3.63, 3.8) is 0 Å². The molecule has 8 nitrogen and oxygen atoms in total. The number of carbonyl (C=O) groups is 1. The van der Waals surface area contributed by atoms with E-state index in [4.69, 9.17) is 14.2 Å². The van der Waals surface area contributed by atoms with Crippen LogP contribution in [-0.2, 0) is 6.54 Å². The Labute approximate surface area is 159 Å². The first kappa shape index (κ1) is 18.9. The lowest BCUT2D eigenvalue weighted by Gasteiger charge is -2.32. The number of amides is 2. The Morgan fingerprint density at radius 2 is 1.81 bits per heavy atom. The Balaban J connectivity index is 1.59. The third kappa shape index (κ3) is 4.45. The topological polar surface area (TPSA) is 77.9 Å². The quantitative estimate of drug-likeness (QED) is 0.841. The second-order valence-corrected chi connectivity index (χ2v) is 6.53. The minimum absolute atomic E-state index is 0.120. The normalized spacial score (nSPS) is 14.7. The van der Waals surface area contributed by atoms with Crippen molar-refractivity contribution in [3.8, 4) is 17.2 Å². The zero-order valence-electron chi connectivity index (χ0n) is 16.0. The number of benzene rings is 1. The first-order valence-electron chi connectivity index (χ1n) is 8.96. The second-order valence-electron chi connectivity index (χ2n) is 6.53. The molecule has 3 rings (SSSR count). The lowest BCUT2D eigenvalue weighted by Crippen LogP contribution is -2.41. The summed E-state index contributed by atoms with van der Waals surface area (Å²) in [6, 6.07) is 3.33. The Kier molecular flexibility index (Phi) is 6.05. The van der Waals surface area contributed by atoms with Gasteiger partial charge in [-0.2, -0.15) is 0 Å². The summed E-state index contributed by atoms with van der Waals surface area (Å²) >= 11 is 0. The van der Waals surface area contributed by atoms with Gasteiger partial charge in [-0.25, -0.2) is 9.78 Å². The molecule has 2 heterocycles. The van der Waals surface area contributed by atoms with Crippen LogP contribution in [0.25, 0.3) is 0 Å². The molecule has 0 spiro atoms. The molecule has 0 aliphatic carbocycles. The fourth-order valence-corrected chi connectivity index (χ4v) is 3.37. The van der Waals surface area contributed by atoms with E-state index in [0.29, 0.717) is 28.9 Å². The fraction of sp³-hybridized carbons (Fsp3) is 0.474. The van der Waals surface area contributed by atoms with E-state index in [9.17, 15) is 4.79 Å². The van der Waals surface area contributed by atoms with Crippen LogP contribution in [0.5, 0.6) is 17.2 Å². The molecule has 1 fully saturated rings. The van der Waals surface area contributed by atoms with Crippen LogP contribution in [0.4, 0.5) is 10.5 Å². The molecule has 1 saturated heterocycles. The SMILES string of the molecule is COc1cc(NC(=O)N2CCC(Cn3ccnc3)CC2)cc(OC)c1OC. The summed E-state index contributed by atoms with van der Waals surface area (Å²) in [7, 11) is 4.65. The average molecular weight is 374 g/mol. The van der Waals surface area contributed by atoms with Gasteiger partial charge in [0.25, 0.3) is 0 Å². The number of rotatable bonds is 6. The standard InChI is InChI=1S/C19H26N4O4/c1-25-16-10-15(11-17(26-2)18(16)27-3)21-19(24)23-7-4-14(5-8-23)12-22-9-6-20-13-22/h6,9-11,13-14H,4-5,7-8,12H2,1-3H3,(H,21,24). The lowest BCUT2D eigenvalue weighted by molar-refractivity contribution is 0.177. The fourth-order valence-electron chi connectivity index (χ4n) is 3.37. The number of nitrogens with one attached hydrogen (secondary N) is 1. The minimum Gasteiger partial charge on any atom is -0.493 e. The third-order valence-electron chi connectivity index (χ3n) is 4.85. The highest BCUT2D eigenvalue weighted by molar-refractivity contribution is 5.90. The maximum Gasteiger partial charge on any atom is 0.321 e. The first-order valence-corrected chi connectivity index (χ1v) is 8.96. The van der Waals surface area contributed by atoms with Crippen molar-refractivity contribution in [3.05, 3.63) is 30.9 Å². The van der Waals surface area contributed by atoms with Gasteiger partial charge in [0, 0.05) is 44.2 Å². The number of urea groups is 1. The Hall–Kier alpha value is -2.90. The van der Waals surface area contributed by atoms with Crippen LogP contribution < -0.4 is 19.5 Å². The van der Waals surface area contributed by atoms with Crippen LogP contribution >= 0.6 is 0 Å². The van der Waals surface area contributed by atoms with Crippen molar-refractivity contribution >= 4 is 11.7 Å². The number of hydrogen-bond donors (Lipinski definition) is 1. The van der Waals surface area contributed by atoms with E-state index >= 15 is 0 Å². The number of nitrogens with zero attached hydrogens (tertiary/aromatic N) is 3. The monoisotopic (exact) mass is 374 g/mol. The Morgan fingerprint density at radius 3 is 2.33 bits per heavy atom. The van der Waals surface area contributed by atoms with Crippen LogP contribution in [0.3, 0.4) is 0 Å². The van der Waals surface area contributed by atoms with Crippen molar-refractivity contribution in [1.29, 1.82) is 0 Å². The van der Waals surface area contributed by atoms with Crippen LogP contribution in [0.1, 0.15) is 12.8 Å². The van der Waals surface area contributed by atoms with Gasteiger partial charge in [-0.05, 0) is 18.8 Å². The zero-order chi connectivity index (χ0) is 19.2. The highest BCUT2D eigenvalue weighted by atomic mass is 16.5. The summed E-state index contributed by atoms with van der Waals surface area (Å²) in [6.07, 6.45) is 7.55. The van der Waals surface area contributed by atoms with E-state index < -0.39 is 0 Å². The molecule has 1 aliphatic heterocycles. The Morgan fingerprint density at radius 1 is 1.15 bits per heavy atom. The molecule has 0 radical (unpaired) electrons. The number of aromatic nitrogens is 2. The molecule has 1 aliphatic rings. The number of ether oxygens (including phenoxy) is 3. The molecule has 0 bridgehead atoms. The smallest absolute Gasteiger partial charge is 0.321 e. The molecular formula is C19H26N4O4. The maximum atomic E-state index is 12.6. The summed E-state index contributed by atoms with van der Waals surface area (Å²) < 4.78 is 18.1. The Bertz CT molecular complexity index is 730. The van der Waals surface area contributed by atoms with Crippen LogP contribution in [0.15, 0.2) is 30.9 Å². The summed E-state index contributed by atoms with van der Waals surface area (Å²) in [5, 5.41) is 2.93. The van der Waals surface area contributed by atoms with Gasteiger partial charge in [-0.3, -0.25) is 0 Å². The summed E-state index contributed by atoms with van der Waals surface area (Å²) in [6.45, 7) is 2.41. The van der Waals surface area contributed by atoms with Crippen molar-refractivity contribution in [2.75, 3.05) is 39.7 Å². The number of piperidine rings is 1. The number of anilines is 1. The molecule has 1 aromatic heterocycles. The molecule has 0 unspecified atom stereocenters. The molecule has 146 valence electrons. The molecule has 27 heavy (non-hydrogen) atoms. The highest BCUT2D eigenvalue weighted by Crippen LogP contribution is 2.40. The molecular weight excluding hydrogens is 348 g/mol. The van der Waals surface area contributed by atoms with Gasteiger partial charge in [0.15, 0.2) is 11.5 Å². The van der Waals surface area contributed by atoms with Crippen LogP contribution in [0.2, 0.25) is 0 Å². The van der Waals surface area contributed by atoms with Crippen molar-refractivity contribution in [2.24, 2.45) is 5.92 Å². The van der Waals surface area contributed by atoms with Crippen LogP contribution in [0, 0.1) is 5.92 Å². The van der Waals surface area contributed by atoms with Crippen molar-refractivity contribution < 1.29 is 19.0 Å².